The van der Waals surface area contributed by atoms with Crippen LogP contribution in [0.25, 0.3) is 5.69 Å². The van der Waals surface area contributed by atoms with E-state index in [0.717, 1.165) is 22.5 Å². The molecule has 0 spiro atoms. The van der Waals surface area contributed by atoms with Crippen LogP contribution in [0.4, 0.5) is 5.82 Å². The van der Waals surface area contributed by atoms with E-state index in [-0.39, 0.29) is 9.77 Å². The molecule has 30 heavy (non-hydrogen) atoms. The van der Waals surface area contributed by atoms with Gasteiger partial charge in [0.15, 0.2) is 0 Å². The number of nitrogens with zero attached hydrogens (tertiary/aromatic N) is 4. The number of benzene rings is 1. The summed E-state index contributed by atoms with van der Waals surface area (Å²) in [6, 6.07) is 12.1. The molecule has 0 radical (unpaired) electrons. The minimum absolute atomic E-state index is 0.210. The van der Waals surface area contributed by atoms with Gasteiger partial charge in [0.1, 0.15) is 10.0 Å². The molecule has 1 saturated heterocycles. The molecule has 1 aromatic carbocycles. The predicted octanol–water partition coefficient (Wildman–Crippen LogP) is 3.08. The molecule has 3 heterocycles. The van der Waals surface area contributed by atoms with Crippen LogP contribution in [0.5, 0.6) is 0 Å². The number of hydrogen-bond acceptors (Lipinski definition) is 6. The molecule has 0 saturated carbocycles. The normalized spacial score (nSPS) is 15.5. The number of rotatable bonds is 4. The molecule has 7 nitrogen and oxygen atoms in total. The van der Waals surface area contributed by atoms with Crippen molar-refractivity contribution in [1.82, 2.24) is 14.1 Å². The Labute approximate surface area is 184 Å². The van der Waals surface area contributed by atoms with Crippen molar-refractivity contribution >= 4 is 38.8 Å². The summed E-state index contributed by atoms with van der Waals surface area (Å²) in [5, 5.41) is 4.53. The Hall–Kier alpha value is -2.20. The van der Waals surface area contributed by atoms with Crippen molar-refractivity contribution in [2.75, 3.05) is 31.1 Å². The van der Waals surface area contributed by atoms with Gasteiger partial charge in [0.2, 0.25) is 0 Å². The van der Waals surface area contributed by atoms with E-state index in [2.05, 4.69) is 5.10 Å². The summed E-state index contributed by atoms with van der Waals surface area (Å²) in [7, 11) is -3.55. The van der Waals surface area contributed by atoms with Gasteiger partial charge in [-0.05, 0) is 55.3 Å². The lowest BCUT2D eigenvalue weighted by molar-refractivity contribution is 0.384. The lowest BCUT2D eigenvalue weighted by atomic mass is 10.1. The first-order valence-corrected chi connectivity index (χ1v) is 12.1. The summed E-state index contributed by atoms with van der Waals surface area (Å²) in [6.45, 7) is 5.65. The molecule has 158 valence electrons. The molecule has 0 aliphatic carbocycles. The van der Waals surface area contributed by atoms with Crippen LogP contribution in [0.3, 0.4) is 0 Å². The Morgan fingerprint density at radius 1 is 0.967 bits per heavy atom. The average Bonchev–Trinajstić information content (AvgIpc) is 3.18. The van der Waals surface area contributed by atoms with E-state index in [1.807, 2.05) is 36.9 Å². The zero-order chi connectivity index (χ0) is 21.5. The van der Waals surface area contributed by atoms with Crippen LogP contribution in [0.15, 0.2) is 51.5 Å². The third-order valence-corrected chi connectivity index (χ3v) is 8.82. The van der Waals surface area contributed by atoms with E-state index in [1.165, 1.54) is 21.1 Å². The first-order valence-electron chi connectivity index (χ1n) is 9.44. The Kier molecular flexibility index (Phi) is 5.71. The number of piperazine rings is 1. The van der Waals surface area contributed by atoms with Crippen LogP contribution < -0.4 is 10.5 Å². The van der Waals surface area contributed by atoms with Crippen molar-refractivity contribution in [3.8, 4) is 5.69 Å². The van der Waals surface area contributed by atoms with Crippen LogP contribution in [-0.4, -0.2) is 48.7 Å². The molecular weight excluding hydrogens is 444 g/mol. The Bertz CT molecular complexity index is 1240. The fraction of sp³-hybridized carbons (Fsp3) is 0.300. The van der Waals surface area contributed by atoms with Gasteiger partial charge in [-0.2, -0.15) is 8.99 Å². The van der Waals surface area contributed by atoms with Crippen LogP contribution in [0, 0.1) is 13.8 Å². The number of aryl methyl sites for hydroxylation is 2. The molecule has 0 bridgehead atoms. The maximum atomic E-state index is 12.8. The van der Waals surface area contributed by atoms with Crippen molar-refractivity contribution in [3.63, 3.8) is 0 Å². The molecule has 0 unspecified atom stereocenters. The Morgan fingerprint density at radius 2 is 1.70 bits per heavy atom. The van der Waals surface area contributed by atoms with E-state index < -0.39 is 10.0 Å². The van der Waals surface area contributed by atoms with E-state index in [9.17, 15) is 13.2 Å². The van der Waals surface area contributed by atoms with Crippen LogP contribution in [0.2, 0.25) is 4.34 Å². The van der Waals surface area contributed by atoms with Gasteiger partial charge in [0.25, 0.3) is 15.6 Å². The summed E-state index contributed by atoms with van der Waals surface area (Å²) in [6.07, 6.45) is 0. The van der Waals surface area contributed by atoms with Gasteiger partial charge in [0, 0.05) is 32.2 Å². The van der Waals surface area contributed by atoms with Crippen molar-refractivity contribution in [2.24, 2.45) is 0 Å². The number of sulfonamides is 1. The molecule has 10 heteroatoms. The number of aromatic nitrogens is 2. The highest BCUT2D eigenvalue weighted by atomic mass is 35.5. The molecular formula is C20H21ClN4O3S2. The van der Waals surface area contributed by atoms with E-state index in [0.29, 0.717) is 42.0 Å². The molecule has 1 aliphatic rings. The van der Waals surface area contributed by atoms with Crippen molar-refractivity contribution < 1.29 is 8.42 Å². The maximum absolute atomic E-state index is 12.8. The average molecular weight is 465 g/mol. The monoisotopic (exact) mass is 464 g/mol. The van der Waals surface area contributed by atoms with Gasteiger partial charge in [-0.15, -0.1) is 16.4 Å². The van der Waals surface area contributed by atoms with Gasteiger partial charge in [-0.1, -0.05) is 17.7 Å². The third kappa shape index (κ3) is 4.02. The fourth-order valence-electron chi connectivity index (χ4n) is 3.33. The lowest BCUT2D eigenvalue weighted by Crippen LogP contribution is -2.49. The molecule has 2 aromatic heterocycles. The number of anilines is 1. The zero-order valence-corrected chi connectivity index (χ0v) is 19.0. The second kappa shape index (κ2) is 8.14. The Balaban J connectivity index is 1.54. The fourth-order valence-corrected chi connectivity index (χ4v) is 6.39. The molecule has 4 rings (SSSR count). The second-order valence-electron chi connectivity index (χ2n) is 7.16. The van der Waals surface area contributed by atoms with Crippen molar-refractivity contribution in [3.05, 3.63) is 68.3 Å². The van der Waals surface area contributed by atoms with Crippen molar-refractivity contribution in [1.29, 1.82) is 0 Å². The minimum atomic E-state index is -3.55. The highest BCUT2D eigenvalue weighted by Gasteiger charge is 2.30. The lowest BCUT2D eigenvalue weighted by Gasteiger charge is -2.34. The molecule has 0 amide bonds. The number of hydrogen-bond donors (Lipinski definition) is 0. The minimum Gasteiger partial charge on any atom is -0.353 e. The molecule has 1 fully saturated rings. The van der Waals surface area contributed by atoms with Crippen LogP contribution in [0.1, 0.15) is 11.1 Å². The molecule has 1 aliphatic heterocycles. The topological polar surface area (TPSA) is 75.5 Å². The highest BCUT2D eigenvalue weighted by molar-refractivity contribution is 7.91. The summed E-state index contributed by atoms with van der Waals surface area (Å²) in [5.41, 5.74) is 2.73. The predicted molar refractivity (Wildman–Crippen MR) is 120 cm³/mol. The largest absolute Gasteiger partial charge is 0.353 e. The number of thiophene rings is 1. The SMILES string of the molecule is Cc1ccc(-n2nc(N3CCN(S(=O)(=O)c4ccc(Cl)s4)CC3)ccc2=O)cc1C. The summed E-state index contributed by atoms with van der Waals surface area (Å²) >= 11 is 6.96. The molecule has 3 aromatic rings. The summed E-state index contributed by atoms with van der Waals surface area (Å²) in [5.74, 6) is 0.643. The van der Waals surface area contributed by atoms with Gasteiger partial charge in [0.05, 0.1) is 10.0 Å². The van der Waals surface area contributed by atoms with Crippen LogP contribution >= 0.6 is 22.9 Å². The third-order valence-electron chi connectivity index (χ3n) is 5.23. The standard InChI is InChI=1S/C20H21ClN4O3S2/c1-14-3-4-16(13-15(14)2)25-19(26)7-6-18(22-25)23-9-11-24(12-10-23)30(27,28)20-8-5-17(21)29-20/h3-8,13H,9-12H2,1-2H3. The second-order valence-corrected chi connectivity index (χ2v) is 11.0. The van der Waals surface area contributed by atoms with E-state index in [1.54, 1.807) is 12.1 Å². The Morgan fingerprint density at radius 3 is 2.33 bits per heavy atom. The smallest absolute Gasteiger partial charge is 0.271 e. The van der Waals surface area contributed by atoms with Gasteiger partial charge >= 0.3 is 0 Å². The number of halogens is 1. The van der Waals surface area contributed by atoms with Gasteiger partial charge < -0.3 is 4.90 Å². The summed E-state index contributed by atoms with van der Waals surface area (Å²) in [4.78, 5) is 14.4. The molecule has 0 atom stereocenters. The van der Waals surface area contributed by atoms with Crippen molar-refractivity contribution in [2.45, 2.75) is 18.1 Å². The van der Waals surface area contributed by atoms with Gasteiger partial charge in [-0.25, -0.2) is 8.42 Å². The zero-order valence-electron chi connectivity index (χ0n) is 16.6. The maximum Gasteiger partial charge on any atom is 0.271 e. The quantitative estimate of drug-likeness (QED) is 0.593. The van der Waals surface area contributed by atoms with Gasteiger partial charge in [-0.3, -0.25) is 4.79 Å². The summed E-state index contributed by atoms with van der Waals surface area (Å²) < 4.78 is 29.1. The van der Waals surface area contributed by atoms with E-state index in [4.69, 9.17) is 11.6 Å². The first-order chi connectivity index (χ1) is 14.3. The van der Waals surface area contributed by atoms with E-state index >= 15 is 0 Å². The van der Waals surface area contributed by atoms with Crippen LogP contribution in [-0.2, 0) is 10.0 Å². The first kappa shape index (κ1) is 21.0. The molecule has 0 N–H and O–H groups in total. The highest BCUT2D eigenvalue weighted by Crippen LogP contribution is 2.29.